The number of rotatable bonds is 5. The Balaban J connectivity index is 1.47. The van der Waals surface area contributed by atoms with Gasteiger partial charge < -0.3 is 14.5 Å². The summed E-state index contributed by atoms with van der Waals surface area (Å²) < 4.78 is 11.6. The number of oxazole rings is 1. The average molecular weight is 437 g/mol. The number of nitrogens with zero attached hydrogens (tertiary/aromatic N) is 2. The highest BCUT2D eigenvalue weighted by atomic mass is 16.5. The quantitative estimate of drug-likeness (QED) is 0.435. The van der Waals surface area contributed by atoms with Crippen molar-refractivity contribution in [3.63, 3.8) is 0 Å². The Kier molecular flexibility index (Phi) is 5.64. The Morgan fingerprint density at radius 1 is 1.18 bits per heavy atom. The summed E-state index contributed by atoms with van der Waals surface area (Å²) in [7, 11) is 0. The van der Waals surface area contributed by atoms with Crippen molar-refractivity contribution in [2.75, 3.05) is 6.54 Å². The maximum atomic E-state index is 12.3. The number of nitriles is 1. The summed E-state index contributed by atoms with van der Waals surface area (Å²) in [5.74, 6) is 0.173. The van der Waals surface area contributed by atoms with Crippen LogP contribution in [-0.2, 0) is 16.1 Å². The van der Waals surface area contributed by atoms with E-state index in [9.17, 15) is 10.1 Å². The highest BCUT2D eigenvalue weighted by Gasteiger charge is 2.24. The van der Waals surface area contributed by atoms with E-state index in [1.165, 1.54) is 0 Å². The summed E-state index contributed by atoms with van der Waals surface area (Å²) in [5.41, 5.74) is 6.09. The Hall–Kier alpha value is -3.95. The zero-order chi connectivity index (χ0) is 22.8. The van der Waals surface area contributed by atoms with Crippen molar-refractivity contribution in [3.05, 3.63) is 77.4 Å². The molecule has 0 radical (unpaired) electrons. The summed E-state index contributed by atoms with van der Waals surface area (Å²) in [6.45, 7) is 2.99. The van der Waals surface area contributed by atoms with Gasteiger partial charge in [0.1, 0.15) is 24.2 Å². The van der Waals surface area contributed by atoms with Crippen molar-refractivity contribution < 1.29 is 13.9 Å². The molecule has 1 aliphatic rings. The largest absolute Gasteiger partial charge is 0.460 e. The lowest BCUT2D eigenvalue weighted by Gasteiger charge is -2.11. The molecule has 1 aliphatic heterocycles. The molecule has 3 aromatic carbocycles. The van der Waals surface area contributed by atoms with Crippen LogP contribution in [-0.4, -0.2) is 23.5 Å². The van der Waals surface area contributed by atoms with Gasteiger partial charge in [0.25, 0.3) is 0 Å². The van der Waals surface area contributed by atoms with Gasteiger partial charge in [-0.3, -0.25) is 4.79 Å². The fraction of sp³-hybridized carbons (Fsp3) is 0.222. The summed E-state index contributed by atoms with van der Waals surface area (Å²) in [6.07, 6.45) is 1.80. The van der Waals surface area contributed by atoms with Crippen LogP contribution in [0.3, 0.4) is 0 Å². The third-order valence-corrected chi connectivity index (χ3v) is 6.05. The minimum absolute atomic E-state index is 0.188. The van der Waals surface area contributed by atoms with E-state index in [1.807, 2.05) is 67.6 Å². The molecule has 33 heavy (non-hydrogen) atoms. The van der Waals surface area contributed by atoms with Gasteiger partial charge in [-0.15, -0.1) is 0 Å². The first-order chi connectivity index (χ1) is 16.1. The Labute approximate surface area is 191 Å². The standard InChI is InChI=1S/C27H23N3O3/c1-17-13-25-24(14-19(17)16-32-27(31)23-11-6-12-29-23)30-26(33-25)21-10-5-9-20(22(21)15-28)18-7-3-2-4-8-18/h2-5,7-10,13-14,23,29H,6,11-12,16H2,1H3/t23-/m0/s1. The zero-order valence-electron chi connectivity index (χ0n) is 18.3. The van der Waals surface area contributed by atoms with Crippen LogP contribution in [0.4, 0.5) is 0 Å². The molecule has 0 saturated carbocycles. The van der Waals surface area contributed by atoms with Crippen molar-refractivity contribution in [2.24, 2.45) is 0 Å². The molecule has 1 aromatic heterocycles. The molecular weight excluding hydrogens is 414 g/mol. The normalized spacial score (nSPS) is 15.5. The van der Waals surface area contributed by atoms with Crippen LogP contribution in [0.25, 0.3) is 33.7 Å². The molecular formula is C27H23N3O3. The Morgan fingerprint density at radius 3 is 2.76 bits per heavy atom. The molecule has 0 spiro atoms. The molecule has 1 saturated heterocycles. The van der Waals surface area contributed by atoms with Gasteiger partial charge in [0.2, 0.25) is 5.89 Å². The number of fused-ring (bicyclic) bond motifs is 1. The number of aromatic nitrogens is 1. The monoisotopic (exact) mass is 437 g/mol. The van der Waals surface area contributed by atoms with E-state index in [0.29, 0.717) is 28.1 Å². The van der Waals surface area contributed by atoms with Crippen molar-refractivity contribution in [1.82, 2.24) is 10.3 Å². The van der Waals surface area contributed by atoms with Crippen LogP contribution >= 0.6 is 0 Å². The highest BCUT2D eigenvalue weighted by molar-refractivity contribution is 5.83. The van der Waals surface area contributed by atoms with E-state index in [-0.39, 0.29) is 18.6 Å². The van der Waals surface area contributed by atoms with Gasteiger partial charge in [0, 0.05) is 5.56 Å². The first kappa shape index (κ1) is 20.9. The van der Waals surface area contributed by atoms with Crippen LogP contribution in [0, 0.1) is 18.3 Å². The maximum absolute atomic E-state index is 12.3. The predicted octanol–water partition coefficient (Wildman–Crippen LogP) is 5.14. The molecule has 1 atom stereocenters. The molecule has 6 nitrogen and oxygen atoms in total. The lowest BCUT2D eigenvalue weighted by Crippen LogP contribution is -2.32. The Morgan fingerprint density at radius 2 is 2.00 bits per heavy atom. The molecule has 164 valence electrons. The van der Waals surface area contributed by atoms with Crippen LogP contribution in [0.1, 0.15) is 29.5 Å². The van der Waals surface area contributed by atoms with Crippen LogP contribution < -0.4 is 5.32 Å². The lowest BCUT2D eigenvalue weighted by molar-refractivity contribution is -0.147. The molecule has 0 aliphatic carbocycles. The highest BCUT2D eigenvalue weighted by Crippen LogP contribution is 2.33. The number of carbonyl (C=O) groups is 1. The van der Waals surface area contributed by atoms with Gasteiger partial charge in [0.15, 0.2) is 5.58 Å². The molecule has 0 unspecified atom stereocenters. The third-order valence-electron chi connectivity index (χ3n) is 6.05. The summed E-state index contributed by atoms with van der Waals surface area (Å²) >= 11 is 0. The number of hydrogen-bond donors (Lipinski definition) is 1. The van der Waals surface area contributed by atoms with Gasteiger partial charge in [-0.1, -0.05) is 42.5 Å². The average Bonchev–Trinajstić information content (AvgIpc) is 3.52. The fourth-order valence-electron chi connectivity index (χ4n) is 4.23. The number of benzene rings is 3. The SMILES string of the molecule is Cc1cc2oc(-c3cccc(-c4ccccc4)c3C#N)nc2cc1COC(=O)[C@@H]1CCCN1. The van der Waals surface area contributed by atoms with Crippen LogP contribution in [0.2, 0.25) is 0 Å². The Bertz CT molecular complexity index is 1360. The van der Waals surface area contributed by atoms with Crippen molar-refractivity contribution in [3.8, 4) is 28.7 Å². The smallest absolute Gasteiger partial charge is 0.323 e. The van der Waals surface area contributed by atoms with Gasteiger partial charge in [-0.2, -0.15) is 5.26 Å². The first-order valence-corrected chi connectivity index (χ1v) is 11.0. The number of ether oxygens (including phenoxy) is 1. The van der Waals surface area contributed by atoms with Gasteiger partial charge in [-0.25, -0.2) is 4.98 Å². The second-order valence-electron chi connectivity index (χ2n) is 8.23. The van der Waals surface area contributed by atoms with Crippen molar-refractivity contribution in [1.29, 1.82) is 5.26 Å². The summed E-state index contributed by atoms with van der Waals surface area (Å²) in [6, 6.07) is 21.4. The van der Waals surface area contributed by atoms with E-state index < -0.39 is 0 Å². The number of nitrogens with one attached hydrogen (secondary N) is 1. The fourth-order valence-corrected chi connectivity index (χ4v) is 4.23. The van der Waals surface area contributed by atoms with Gasteiger partial charge >= 0.3 is 5.97 Å². The minimum atomic E-state index is -0.218. The predicted molar refractivity (Wildman–Crippen MR) is 125 cm³/mol. The summed E-state index contributed by atoms with van der Waals surface area (Å²) in [5, 5.41) is 13.1. The van der Waals surface area contributed by atoms with Gasteiger partial charge in [0.05, 0.1) is 11.1 Å². The van der Waals surface area contributed by atoms with Crippen LogP contribution in [0.5, 0.6) is 0 Å². The molecule has 2 heterocycles. The van der Waals surface area contributed by atoms with Crippen molar-refractivity contribution in [2.45, 2.75) is 32.4 Å². The number of aryl methyl sites for hydroxylation is 1. The molecule has 4 aromatic rings. The van der Waals surface area contributed by atoms with Crippen LogP contribution in [0.15, 0.2) is 65.1 Å². The molecule has 1 fully saturated rings. The van der Waals surface area contributed by atoms with E-state index in [2.05, 4.69) is 16.4 Å². The topological polar surface area (TPSA) is 88.2 Å². The molecule has 0 bridgehead atoms. The van der Waals surface area contributed by atoms with E-state index in [0.717, 1.165) is 41.6 Å². The number of carbonyl (C=O) groups excluding carboxylic acids is 1. The zero-order valence-corrected chi connectivity index (χ0v) is 18.3. The molecule has 1 N–H and O–H groups in total. The summed E-state index contributed by atoms with van der Waals surface area (Å²) in [4.78, 5) is 16.9. The van der Waals surface area contributed by atoms with Gasteiger partial charge in [-0.05, 0) is 61.2 Å². The minimum Gasteiger partial charge on any atom is -0.460 e. The van der Waals surface area contributed by atoms with E-state index >= 15 is 0 Å². The first-order valence-electron chi connectivity index (χ1n) is 11.0. The second-order valence-corrected chi connectivity index (χ2v) is 8.23. The number of esters is 1. The molecule has 0 amide bonds. The molecule has 6 heteroatoms. The van der Waals surface area contributed by atoms with E-state index in [4.69, 9.17) is 9.15 Å². The van der Waals surface area contributed by atoms with E-state index in [1.54, 1.807) is 0 Å². The second kappa shape index (κ2) is 8.89. The maximum Gasteiger partial charge on any atom is 0.323 e. The number of hydrogen-bond acceptors (Lipinski definition) is 6. The lowest BCUT2D eigenvalue weighted by atomic mass is 9.96. The molecule has 5 rings (SSSR count). The third kappa shape index (κ3) is 4.11. The van der Waals surface area contributed by atoms with Crippen molar-refractivity contribution >= 4 is 17.1 Å².